The smallest absolute Gasteiger partial charge is 0.146 e. The average Bonchev–Trinajstić information content (AvgIpc) is 2.50. The molecule has 1 atom stereocenters. The van der Waals surface area contributed by atoms with Crippen molar-refractivity contribution in [3.8, 4) is 5.75 Å². The summed E-state index contributed by atoms with van der Waals surface area (Å²) in [5.41, 5.74) is 7.43. The van der Waals surface area contributed by atoms with E-state index in [4.69, 9.17) is 10.5 Å². The highest BCUT2D eigenvalue weighted by molar-refractivity contribution is 5.51. The van der Waals surface area contributed by atoms with Crippen LogP contribution in [0.1, 0.15) is 18.5 Å². The lowest BCUT2D eigenvalue weighted by atomic mass is 10.0. The standard InChI is InChI=1S/C17H21FN2O/c1-3-21-17-11-7-4-8-13(17)16(12-19)20(2)15-10-6-5-9-14(15)18/h4-11,16H,3,12,19H2,1-2H3. The van der Waals surface area contributed by atoms with Crippen LogP contribution in [-0.4, -0.2) is 20.2 Å². The van der Waals surface area contributed by atoms with Crippen molar-refractivity contribution in [2.24, 2.45) is 5.73 Å². The van der Waals surface area contributed by atoms with E-state index in [1.165, 1.54) is 6.07 Å². The number of likely N-dealkylation sites (N-methyl/N-ethyl adjacent to an activating group) is 1. The Bertz CT molecular complexity index is 589. The van der Waals surface area contributed by atoms with Gasteiger partial charge in [0.05, 0.1) is 18.3 Å². The molecular formula is C17H21FN2O. The zero-order valence-corrected chi connectivity index (χ0v) is 12.4. The summed E-state index contributed by atoms with van der Waals surface area (Å²) < 4.78 is 19.6. The molecule has 0 bridgehead atoms. The molecule has 0 heterocycles. The molecule has 0 radical (unpaired) electrons. The van der Waals surface area contributed by atoms with E-state index in [2.05, 4.69) is 0 Å². The molecule has 2 rings (SSSR count). The molecule has 2 N–H and O–H groups in total. The Labute approximate surface area is 125 Å². The number of hydrogen-bond donors (Lipinski definition) is 1. The molecule has 0 amide bonds. The molecule has 0 saturated heterocycles. The first-order valence-electron chi connectivity index (χ1n) is 7.08. The van der Waals surface area contributed by atoms with Gasteiger partial charge in [-0.25, -0.2) is 4.39 Å². The minimum atomic E-state index is -0.257. The van der Waals surface area contributed by atoms with Gasteiger partial charge in [-0.05, 0) is 25.1 Å². The molecule has 0 aliphatic rings. The van der Waals surface area contributed by atoms with Crippen molar-refractivity contribution in [2.75, 3.05) is 25.1 Å². The molecule has 2 aromatic rings. The largest absolute Gasteiger partial charge is 0.494 e. The van der Waals surface area contributed by atoms with Crippen molar-refractivity contribution in [3.05, 3.63) is 59.9 Å². The number of ether oxygens (including phenoxy) is 1. The van der Waals surface area contributed by atoms with E-state index >= 15 is 0 Å². The van der Waals surface area contributed by atoms with Crippen LogP contribution >= 0.6 is 0 Å². The molecule has 4 heteroatoms. The number of para-hydroxylation sites is 2. The van der Waals surface area contributed by atoms with Gasteiger partial charge in [-0.1, -0.05) is 30.3 Å². The number of hydrogen-bond acceptors (Lipinski definition) is 3. The highest BCUT2D eigenvalue weighted by Crippen LogP contribution is 2.32. The topological polar surface area (TPSA) is 38.5 Å². The monoisotopic (exact) mass is 288 g/mol. The van der Waals surface area contributed by atoms with Crippen LogP contribution in [0.15, 0.2) is 48.5 Å². The molecule has 0 saturated carbocycles. The molecule has 0 aliphatic carbocycles. The summed E-state index contributed by atoms with van der Waals surface area (Å²) >= 11 is 0. The first-order valence-corrected chi connectivity index (χ1v) is 7.08. The van der Waals surface area contributed by atoms with Gasteiger partial charge in [0.2, 0.25) is 0 Å². The molecular weight excluding hydrogens is 267 g/mol. The highest BCUT2D eigenvalue weighted by Gasteiger charge is 2.21. The first kappa shape index (κ1) is 15.3. The third-order valence-electron chi connectivity index (χ3n) is 3.50. The molecule has 0 aliphatic heterocycles. The molecule has 3 nitrogen and oxygen atoms in total. The maximum absolute atomic E-state index is 14.0. The summed E-state index contributed by atoms with van der Waals surface area (Å²) in [5.74, 6) is 0.533. The van der Waals surface area contributed by atoms with Gasteiger partial charge in [0, 0.05) is 19.2 Å². The number of anilines is 1. The Kier molecular flexibility index (Phi) is 5.17. The van der Waals surface area contributed by atoms with Gasteiger partial charge in [0.25, 0.3) is 0 Å². The second-order valence-electron chi connectivity index (χ2n) is 4.78. The summed E-state index contributed by atoms with van der Waals surface area (Å²) in [6, 6.07) is 14.3. The Morgan fingerprint density at radius 1 is 1.14 bits per heavy atom. The van der Waals surface area contributed by atoms with E-state index in [1.54, 1.807) is 12.1 Å². The van der Waals surface area contributed by atoms with E-state index in [0.29, 0.717) is 18.8 Å². The lowest BCUT2D eigenvalue weighted by Crippen LogP contribution is -2.31. The fraction of sp³-hybridized carbons (Fsp3) is 0.294. The van der Waals surface area contributed by atoms with Crippen LogP contribution < -0.4 is 15.4 Å². The quantitative estimate of drug-likeness (QED) is 0.886. The highest BCUT2D eigenvalue weighted by atomic mass is 19.1. The van der Waals surface area contributed by atoms with E-state index < -0.39 is 0 Å². The van der Waals surface area contributed by atoms with Crippen LogP contribution in [0.2, 0.25) is 0 Å². The number of nitrogens with zero attached hydrogens (tertiary/aromatic N) is 1. The average molecular weight is 288 g/mol. The third-order valence-corrected chi connectivity index (χ3v) is 3.50. The third kappa shape index (κ3) is 3.34. The van der Waals surface area contributed by atoms with Crippen molar-refractivity contribution >= 4 is 5.69 Å². The number of benzene rings is 2. The fourth-order valence-electron chi connectivity index (χ4n) is 2.44. The summed E-state index contributed by atoms with van der Waals surface area (Å²) in [6.45, 7) is 2.89. The van der Waals surface area contributed by atoms with Crippen LogP contribution in [-0.2, 0) is 0 Å². The maximum Gasteiger partial charge on any atom is 0.146 e. The first-order chi connectivity index (χ1) is 10.2. The SMILES string of the molecule is CCOc1ccccc1C(CN)N(C)c1ccccc1F. The summed E-state index contributed by atoms with van der Waals surface area (Å²) in [6.07, 6.45) is 0. The van der Waals surface area contributed by atoms with E-state index in [9.17, 15) is 4.39 Å². The van der Waals surface area contributed by atoms with Gasteiger partial charge >= 0.3 is 0 Å². The Morgan fingerprint density at radius 3 is 2.48 bits per heavy atom. The summed E-state index contributed by atoms with van der Waals surface area (Å²) in [5, 5.41) is 0. The molecule has 21 heavy (non-hydrogen) atoms. The van der Waals surface area contributed by atoms with Crippen LogP contribution in [0, 0.1) is 5.82 Å². The fourth-order valence-corrected chi connectivity index (χ4v) is 2.44. The number of rotatable bonds is 6. The van der Waals surface area contributed by atoms with Crippen LogP contribution in [0.3, 0.4) is 0 Å². The lowest BCUT2D eigenvalue weighted by molar-refractivity contribution is 0.334. The van der Waals surface area contributed by atoms with Gasteiger partial charge in [0.15, 0.2) is 0 Å². The molecule has 1 unspecified atom stereocenters. The summed E-state index contributed by atoms with van der Waals surface area (Å²) in [4.78, 5) is 1.85. The second-order valence-corrected chi connectivity index (χ2v) is 4.78. The molecule has 0 fully saturated rings. The molecule has 0 aromatic heterocycles. The number of halogens is 1. The predicted molar refractivity (Wildman–Crippen MR) is 84.2 cm³/mol. The number of nitrogens with two attached hydrogens (primary N) is 1. The molecule has 2 aromatic carbocycles. The Balaban J connectivity index is 2.38. The minimum Gasteiger partial charge on any atom is -0.494 e. The summed E-state index contributed by atoms with van der Waals surface area (Å²) in [7, 11) is 1.85. The van der Waals surface area contributed by atoms with Gasteiger partial charge < -0.3 is 15.4 Å². The normalized spacial score (nSPS) is 12.0. The van der Waals surface area contributed by atoms with Crippen molar-refractivity contribution < 1.29 is 9.13 Å². The second kappa shape index (κ2) is 7.09. The van der Waals surface area contributed by atoms with Crippen LogP contribution in [0.5, 0.6) is 5.75 Å². The van der Waals surface area contributed by atoms with Crippen molar-refractivity contribution in [3.63, 3.8) is 0 Å². The van der Waals surface area contributed by atoms with Crippen molar-refractivity contribution in [1.29, 1.82) is 0 Å². The van der Waals surface area contributed by atoms with E-state index in [0.717, 1.165) is 11.3 Å². The van der Waals surface area contributed by atoms with Crippen LogP contribution in [0.25, 0.3) is 0 Å². The van der Waals surface area contributed by atoms with Crippen molar-refractivity contribution in [2.45, 2.75) is 13.0 Å². The zero-order valence-electron chi connectivity index (χ0n) is 12.4. The zero-order chi connectivity index (χ0) is 15.2. The van der Waals surface area contributed by atoms with Gasteiger partial charge in [-0.3, -0.25) is 0 Å². The minimum absolute atomic E-state index is 0.148. The van der Waals surface area contributed by atoms with Crippen LogP contribution in [0.4, 0.5) is 10.1 Å². The Hall–Kier alpha value is -2.07. The molecule has 112 valence electrons. The van der Waals surface area contributed by atoms with Gasteiger partial charge in [0.1, 0.15) is 11.6 Å². The predicted octanol–water partition coefficient (Wildman–Crippen LogP) is 3.36. The van der Waals surface area contributed by atoms with E-state index in [-0.39, 0.29) is 11.9 Å². The van der Waals surface area contributed by atoms with Crippen molar-refractivity contribution in [1.82, 2.24) is 0 Å². The Morgan fingerprint density at radius 2 is 1.81 bits per heavy atom. The van der Waals surface area contributed by atoms with Gasteiger partial charge in [-0.2, -0.15) is 0 Å². The lowest BCUT2D eigenvalue weighted by Gasteiger charge is -2.30. The van der Waals surface area contributed by atoms with Gasteiger partial charge in [-0.15, -0.1) is 0 Å². The molecule has 0 spiro atoms. The maximum atomic E-state index is 14.0. The van der Waals surface area contributed by atoms with E-state index in [1.807, 2.05) is 49.2 Å².